The van der Waals surface area contributed by atoms with Crippen molar-refractivity contribution in [3.8, 4) is 0 Å². The molecule has 0 spiro atoms. The summed E-state index contributed by atoms with van der Waals surface area (Å²) in [4.78, 5) is 9.38. The molecule has 0 amide bonds. The Labute approximate surface area is 120 Å². The van der Waals surface area contributed by atoms with Crippen LogP contribution in [0.4, 0.5) is 0 Å². The molecule has 0 bridgehead atoms. The second kappa shape index (κ2) is 6.31. The van der Waals surface area contributed by atoms with Crippen LogP contribution in [0.3, 0.4) is 0 Å². The first-order valence-electron chi connectivity index (χ1n) is 5.61. The van der Waals surface area contributed by atoms with Crippen LogP contribution in [0, 0.1) is 0 Å². The van der Waals surface area contributed by atoms with E-state index in [0.717, 1.165) is 9.50 Å². The molecule has 0 aliphatic rings. The predicted molar refractivity (Wildman–Crippen MR) is 77.8 cm³/mol. The maximum absolute atomic E-state index is 4.25. The maximum atomic E-state index is 4.25. The predicted octanol–water partition coefficient (Wildman–Crippen LogP) is 3.67. The van der Waals surface area contributed by atoms with Gasteiger partial charge in [-0.2, -0.15) is 0 Å². The van der Waals surface area contributed by atoms with Gasteiger partial charge in [-0.1, -0.05) is 33.8 Å². The van der Waals surface area contributed by atoms with Gasteiger partial charge in [-0.15, -0.1) is 0 Å². The quantitative estimate of drug-likeness (QED) is 0.871. The van der Waals surface area contributed by atoms with Crippen molar-refractivity contribution >= 4 is 27.7 Å². The van der Waals surface area contributed by atoms with Gasteiger partial charge in [0, 0.05) is 21.6 Å². The largest absolute Gasteiger partial charge is 0.313 e. The fourth-order valence-corrected chi connectivity index (χ4v) is 3.08. The molecule has 0 aliphatic heterocycles. The molecular weight excluding hydrogens is 310 g/mol. The highest BCUT2D eigenvalue weighted by molar-refractivity contribution is 9.10. The second-order valence-corrected chi connectivity index (χ2v) is 5.82. The Hall–Kier alpha value is -0.910. The topological polar surface area (TPSA) is 37.8 Å². The van der Waals surface area contributed by atoms with Crippen molar-refractivity contribution in [1.82, 2.24) is 15.3 Å². The Kier molecular flexibility index (Phi) is 4.74. The van der Waals surface area contributed by atoms with E-state index >= 15 is 0 Å². The molecule has 94 valence electrons. The zero-order valence-electron chi connectivity index (χ0n) is 10.2. The molecule has 1 N–H and O–H groups in total. The maximum Gasteiger partial charge on any atom is 0.116 e. The summed E-state index contributed by atoms with van der Waals surface area (Å²) in [6.45, 7) is 2.15. The molecule has 18 heavy (non-hydrogen) atoms. The summed E-state index contributed by atoms with van der Waals surface area (Å²) < 4.78 is 1.08. The van der Waals surface area contributed by atoms with Crippen LogP contribution in [-0.2, 0) is 0 Å². The van der Waals surface area contributed by atoms with Crippen LogP contribution in [0.15, 0.2) is 51.2 Å². The summed E-state index contributed by atoms with van der Waals surface area (Å²) in [5, 5.41) is 4.22. The van der Waals surface area contributed by atoms with Crippen molar-refractivity contribution < 1.29 is 0 Å². The van der Waals surface area contributed by atoms with Gasteiger partial charge in [0.05, 0.1) is 0 Å². The lowest BCUT2D eigenvalue weighted by molar-refractivity contribution is 0.641. The van der Waals surface area contributed by atoms with Crippen LogP contribution in [0.5, 0.6) is 0 Å². The number of rotatable bonds is 4. The number of nitrogens with one attached hydrogen (secondary N) is 1. The molecule has 3 nitrogen and oxygen atoms in total. The zero-order valence-corrected chi connectivity index (χ0v) is 12.6. The Balaban J connectivity index is 2.33. The van der Waals surface area contributed by atoms with E-state index < -0.39 is 0 Å². The molecule has 0 aliphatic carbocycles. The number of nitrogens with zero attached hydrogens (tertiary/aromatic N) is 2. The van der Waals surface area contributed by atoms with Crippen molar-refractivity contribution in [1.29, 1.82) is 0 Å². The summed E-state index contributed by atoms with van der Waals surface area (Å²) in [5.41, 5.74) is 1.27. The van der Waals surface area contributed by atoms with Gasteiger partial charge in [-0.3, -0.25) is 0 Å². The highest BCUT2D eigenvalue weighted by atomic mass is 79.9. The van der Waals surface area contributed by atoms with Crippen molar-refractivity contribution in [3.05, 3.63) is 46.8 Å². The van der Waals surface area contributed by atoms with E-state index in [9.17, 15) is 0 Å². The molecule has 5 heteroatoms. The average molecular weight is 324 g/mol. The summed E-state index contributed by atoms with van der Waals surface area (Å²) in [6.07, 6.45) is 3.33. The number of hydrogen-bond acceptors (Lipinski definition) is 4. The highest BCUT2D eigenvalue weighted by Gasteiger charge is 2.11. The minimum atomic E-state index is 0.308. The zero-order chi connectivity index (χ0) is 13.0. The van der Waals surface area contributed by atoms with E-state index in [1.165, 1.54) is 10.5 Å². The smallest absolute Gasteiger partial charge is 0.116 e. The molecule has 1 heterocycles. The Morgan fingerprint density at radius 2 is 2.17 bits per heavy atom. The number of aromatic nitrogens is 2. The van der Waals surface area contributed by atoms with E-state index in [1.807, 2.05) is 13.1 Å². The Morgan fingerprint density at radius 3 is 2.83 bits per heavy atom. The van der Waals surface area contributed by atoms with E-state index in [4.69, 9.17) is 0 Å². The van der Waals surface area contributed by atoms with Crippen molar-refractivity contribution in [3.63, 3.8) is 0 Å². The van der Waals surface area contributed by atoms with Crippen LogP contribution >= 0.6 is 27.7 Å². The summed E-state index contributed by atoms with van der Waals surface area (Å²) in [7, 11) is 1.96. The molecule has 1 atom stereocenters. The van der Waals surface area contributed by atoms with E-state index in [1.54, 1.807) is 24.3 Å². The van der Waals surface area contributed by atoms with E-state index in [-0.39, 0.29) is 0 Å². The van der Waals surface area contributed by atoms with Gasteiger partial charge >= 0.3 is 0 Å². The first kappa shape index (κ1) is 13.5. The first-order chi connectivity index (χ1) is 8.70. The minimum Gasteiger partial charge on any atom is -0.313 e. The molecule has 0 fully saturated rings. The standard InChI is InChI=1S/C13H14BrN3S/c1-9(15-2)11-4-3-10(14)7-12(11)18-13-5-6-16-8-17-13/h3-9,15H,1-2H3. The van der Waals surface area contributed by atoms with Crippen LogP contribution < -0.4 is 5.32 Å². The van der Waals surface area contributed by atoms with Crippen molar-refractivity contribution in [2.24, 2.45) is 0 Å². The van der Waals surface area contributed by atoms with E-state index in [2.05, 4.69) is 56.3 Å². The van der Waals surface area contributed by atoms with Crippen LogP contribution in [0.25, 0.3) is 0 Å². The molecule has 1 aromatic heterocycles. The van der Waals surface area contributed by atoms with Gasteiger partial charge in [-0.25, -0.2) is 9.97 Å². The molecule has 1 unspecified atom stereocenters. The third-order valence-electron chi connectivity index (χ3n) is 2.64. The summed E-state index contributed by atoms with van der Waals surface area (Å²) in [5.74, 6) is 0. The third kappa shape index (κ3) is 3.31. The lowest BCUT2D eigenvalue weighted by atomic mass is 10.1. The lowest BCUT2D eigenvalue weighted by Gasteiger charge is -2.15. The molecule has 1 aromatic carbocycles. The van der Waals surface area contributed by atoms with Gasteiger partial charge in [-0.05, 0) is 37.7 Å². The molecule has 0 radical (unpaired) electrons. The summed E-state index contributed by atoms with van der Waals surface area (Å²) in [6, 6.07) is 8.54. The molecule has 2 rings (SSSR count). The Bertz CT molecular complexity index is 519. The van der Waals surface area contributed by atoms with Gasteiger partial charge in [0.2, 0.25) is 0 Å². The van der Waals surface area contributed by atoms with Gasteiger partial charge in [0.1, 0.15) is 11.4 Å². The van der Waals surface area contributed by atoms with E-state index in [0.29, 0.717) is 6.04 Å². The normalized spacial score (nSPS) is 12.4. The molecule has 2 aromatic rings. The first-order valence-corrected chi connectivity index (χ1v) is 7.22. The lowest BCUT2D eigenvalue weighted by Crippen LogP contribution is -2.13. The third-order valence-corrected chi connectivity index (χ3v) is 4.16. The second-order valence-electron chi connectivity index (χ2n) is 3.84. The number of hydrogen-bond donors (Lipinski definition) is 1. The molecule has 0 saturated heterocycles. The SMILES string of the molecule is CNC(C)c1ccc(Br)cc1Sc1ccncn1. The van der Waals surface area contributed by atoms with Crippen LogP contribution in [0.2, 0.25) is 0 Å². The van der Waals surface area contributed by atoms with Gasteiger partial charge in [0.15, 0.2) is 0 Å². The molecular formula is C13H14BrN3S. The minimum absolute atomic E-state index is 0.308. The van der Waals surface area contributed by atoms with Crippen molar-refractivity contribution in [2.75, 3.05) is 7.05 Å². The fraction of sp³-hybridized carbons (Fsp3) is 0.231. The molecule has 0 saturated carbocycles. The van der Waals surface area contributed by atoms with Gasteiger partial charge < -0.3 is 5.32 Å². The fourth-order valence-electron chi connectivity index (χ4n) is 1.56. The van der Waals surface area contributed by atoms with Crippen LogP contribution in [-0.4, -0.2) is 17.0 Å². The average Bonchev–Trinajstić information content (AvgIpc) is 2.39. The van der Waals surface area contributed by atoms with Gasteiger partial charge in [0.25, 0.3) is 0 Å². The number of halogens is 1. The highest BCUT2D eigenvalue weighted by Crippen LogP contribution is 2.33. The monoisotopic (exact) mass is 323 g/mol. The van der Waals surface area contributed by atoms with Crippen molar-refractivity contribution in [2.45, 2.75) is 22.9 Å². The number of benzene rings is 1. The Morgan fingerprint density at radius 1 is 1.33 bits per heavy atom. The summed E-state index contributed by atoms with van der Waals surface area (Å²) >= 11 is 5.17. The van der Waals surface area contributed by atoms with Crippen LogP contribution in [0.1, 0.15) is 18.5 Å².